The molecular weight excluding hydrogens is 322 g/mol. The molecule has 1 aliphatic heterocycles. The fraction of sp³-hybridized carbons (Fsp3) is 0.739. The van der Waals surface area contributed by atoms with Gasteiger partial charge in [-0.05, 0) is 60.1 Å². The SMILES string of the molecule is Cc1ccc(C(C)C)c(OC[C@@H](O)CN2C[C@@]3(C)C[C@@H]2CC(C)(C)C3)c1. The Kier molecular flexibility index (Phi) is 5.43. The second-order valence-electron chi connectivity index (χ2n) is 10.3. The van der Waals surface area contributed by atoms with Crippen LogP contribution in [0, 0.1) is 17.8 Å². The number of hydrogen-bond donors (Lipinski definition) is 1. The Labute approximate surface area is 159 Å². The van der Waals surface area contributed by atoms with E-state index in [9.17, 15) is 5.11 Å². The first-order chi connectivity index (χ1) is 12.1. The van der Waals surface area contributed by atoms with Gasteiger partial charge in [-0.3, -0.25) is 4.90 Å². The zero-order chi connectivity index (χ0) is 19.1. The van der Waals surface area contributed by atoms with Crippen LogP contribution in [-0.4, -0.2) is 41.8 Å². The van der Waals surface area contributed by atoms with E-state index in [1.165, 1.54) is 30.4 Å². The number of β-amino-alcohol motifs (C(OH)–C–C–N with tert-alkyl or cyclic N) is 1. The molecule has 1 aromatic rings. The van der Waals surface area contributed by atoms with Gasteiger partial charge in [-0.25, -0.2) is 0 Å². The number of aliphatic hydroxyl groups excluding tert-OH is 1. The lowest BCUT2D eigenvalue weighted by molar-refractivity contribution is 0.0581. The van der Waals surface area contributed by atoms with E-state index in [0.29, 0.717) is 29.4 Å². The normalized spacial score (nSPS) is 29.2. The van der Waals surface area contributed by atoms with Crippen LogP contribution in [0.1, 0.15) is 70.9 Å². The summed E-state index contributed by atoms with van der Waals surface area (Å²) in [5.41, 5.74) is 3.24. The molecule has 1 saturated carbocycles. The molecule has 1 aliphatic carbocycles. The van der Waals surface area contributed by atoms with Gasteiger partial charge in [0.25, 0.3) is 0 Å². The highest BCUT2D eigenvalue weighted by atomic mass is 16.5. The molecule has 3 heteroatoms. The summed E-state index contributed by atoms with van der Waals surface area (Å²) in [5.74, 6) is 1.34. The summed E-state index contributed by atoms with van der Waals surface area (Å²) >= 11 is 0. The number of aliphatic hydroxyl groups is 1. The number of likely N-dealkylation sites (tertiary alicyclic amines) is 1. The van der Waals surface area contributed by atoms with Crippen LogP contribution in [-0.2, 0) is 0 Å². The van der Waals surface area contributed by atoms with Crippen LogP contribution in [0.2, 0.25) is 0 Å². The Morgan fingerprint density at radius 1 is 1.23 bits per heavy atom. The first-order valence-electron chi connectivity index (χ1n) is 10.2. The third kappa shape index (κ3) is 4.43. The summed E-state index contributed by atoms with van der Waals surface area (Å²) in [7, 11) is 0. The molecule has 2 fully saturated rings. The van der Waals surface area contributed by atoms with Gasteiger partial charge in [0.1, 0.15) is 18.5 Å². The summed E-state index contributed by atoms with van der Waals surface area (Å²) in [6, 6.07) is 6.98. The highest BCUT2D eigenvalue weighted by Crippen LogP contribution is 2.52. The van der Waals surface area contributed by atoms with Gasteiger partial charge in [-0.2, -0.15) is 0 Å². The molecule has 0 radical (unpaired) electrons. The predicted molar refractivity (Wildman–Crippen MR) is 108 cm³/mol. The Bertz CT molecular complexity index is 639. The summed E-state index contributed by atoms with van der Waals surface area (Å²) in [6.45, 7) is 15.9. The molecular formula is C23H37NO2. The Morgan fingerprint density at radius 3 is 2.65 bits per heavy atom. The minimum atomic E-state index is -0.443. The molecule has 1 aromatic carbocycles. The molecule has 0 aromatic heterocycles. The molecule has 0 amide bonds. The number of fused-ring (bicyclic) bond motifs is 2. The number of benzene rings is 1. The van der Waals surface area contributed by atoms with Crippen molar-refractivity contribution in [3.8, 4) is 5.75 Å². The minimum absolute atomic E-state index is 0.368. The standard InChI is InChI=1S/C23H37NO2/c1-16(2)20-8-7-17(3)9-21(20)26-13-19(25)12-24-15-23(6)11-18(24)10-22(4,5)14-23/h7-9,16,18-19,25H,10-15H2,1-6H3/t18-,19-,23-/m0/s1. The highest BCUT2D eigenvalue weighted by molar-refractivity contribution is 5.39. The number of ether oxygens (including phenoxy) is 1. The van der Waals surface area contributed by atoms with E-state index in [4.69, 9.17) is 4.74 Å². The molecule has 1 saturated heterocycles. The third-order valence-corrected chi connectivity index (χ3v) is 6.19. The van der Waals surface area contributed by atoms with Crippen molar-refractivity contribution in [1.29, 1.82) is 0 Å². The first-order valence-corrected chi connectivity index (χ1v) is 10.2. The molecule has 2 aliphatic rings. The molecule has 1 heterocycles. The van der Waals surface area contributed by atoms with E-state index in [-0.39, 0.29) is 0 Å². The summed E-state index contributed by atoms with van der Waals surface area (Å²) in [6.07, 6.45) is 3.37. The quantitative estimate of drug-likeness (QED) is 0.795. The van der Waals surface area contributed by atoms with Crippen molar-refractivity contribution in [2.24, 2.45) is 10.8 Å². The van der Waals surface area contributed by atoms with Crippen molar-refractivity contribution < 1.29 is 9.84 Å². The van der Waals surface area contributed by atoms with Crippen molar-refractivity contribution in [3.05, 3.63) is 29.3 Å². The third-order valence-electron chi connectivity index (χ3n) is 6.19. The van der Waals surface area contributed by atoms with Gasteiger partial charge in [-0.1, -0.05) is 46.8 Å². The van der Waals surface area contributed by atoms with Crippen LogP contribution in [0.5, 0.6) is 5.75 Å². The predicted octanol–water partition coefficient (Wildman–Crippen LogP) is 4.76. The van der Waals surface area contributed by atoms with E-state index >= 15 is 0 Å². The number of nitrogens with zero attached hydrogens (tertiary/aromatic N) is 1. The first kappa shape index (κ1) is 19.7. The van der Waals surface area contributed by atoms with Crippen LogP contribution in [0.25, 0.3) is 0 Å². The van der Waals surface area contributed by atoms with Crippen molar-refractivity contribution in [2.45, 2.75) is 78.9 Å². The van der Waals surface area contributed by atoms with E-state index in [2.05, 4.69) is 64.6 Å². The monoisotopic (exact) mass is 359 g/mol. The maximum absolute atomic E-state index is 10.6. The highest BCUT2D eigenvalue weighted by Gasteiger charge is 2.49. The van der Waals surface area contributed by atoms with Gasteiger partial charge in [-0.15, -0.1) is 0 Å². The van der Waals surface area contributed by atoms with E-state index < -0.39 is 6.10 Å². The zero-order valence-corrected chi connectivity index (χ0v) is 17.5. The maximum atomic E-state index is 10.6. The zero-order valence-electron chi connectivity index (χ0n) is 17.5. The van der Waals surface area contributed by atoms with Gasteiger partial charge < -0.3 is 9.84 Å². The number of aryl methyl sites for hydroxylation is 1. The Morgan fingerprint density at radius 2 is 1.96 bits per heavy atom. The van der Waals surface area contributed by atoms with E-state index in [0.717, 1.165) is 18.8 Å². The molecule has 3 rings (SSSR count). The average molecular weight is 360 g/mol. The van der Waals surface area contributed by atoms with Gasteiger partial charge in [0.2, 0.25) is 0 Å². The largest absolute Gasteiger partial charge is 0.491 e. The molecule has 0 spiro atoms. The van der Waals surface area contributed by atoms with Crippen molar-refractivity contribution in [2.75, 3.05) is 19.7 Å². The van der Waals surface area contributed by atoms with E-state index in [1.54, 1.807) is 0 Å². The van der Waals surface area contributed by atoms with Crippen LogP contribution in [0.4, 0.5) is 0 Å². The fourth-order valence-corrected chi connectivity index (χ4v) is 5.54. The smallest absolute Gasteiger partial charge is 0.123 e. The number of hydrogen-bond acceptors (Lipinski definition) is 3. The van der Waals surface area contributed by atoms with Crippen LogP contribution < -0.4 is 4.74 Å². The number of rotatable bonds is 6. The van der Waals surface area contributed by atoms with Crippen LogP contribution in [0.15, 0.2) is 18.2 Å². The second-order valence-corrected chi connectivity index (χ2v) is 10.3. The molecule has 146 valence electrons. The van der Waals surface area contributed by atoms with Gasteiger partial charge in [0, 0.05) is 19.1 Å². The second kappa shape index (κ2) is 7.16. The van der Waals surface area contributed by atoms with Crippen LogP contribution >= 0.6 is 0 Å². The lowest BCUT2D eigenvalue weighted by atomic mass is 9.65. The van der Waals surface area contributed by atoms with Crippen LogP contribution in [0.3, 0.4) is 0 Å². The molecule has 3 nitrogen and oxygen atoms in total. The summed E-state index contributed by atoms with van der Waals surface area (Å²) < 4.78 is 6.05. The summed E-state index contributed by atoms with van der Waals surface area (Å²) in [4.78, 5) is 2.52. The Balaban J connectivity index is 1.59. The average Bonchev–Trinajstić information content (AvgIpc) is 2.73. The molecule has 0 unspecified atom stereocenters. The maximum Gasteiger partial charge on any atom is 0.123 e. The fourth-order valence-electron chi connectivity index (χ4n) is 5.54. The van der Waals surface area contributed by atoms with Gasteiger partial charge in [0.15, 0.2) is 0 Å². The topological polar surface area (TPSA) is 32.7 Å². The molecule has 2 bridgehead atoms. The lowest BCUT2D eigenvalue weighted by Crippen LogP contribution is -2.40. The summed E-state index contributed by atoms with van der Waals surface area (Å²) in [5, 5.41) is 10.6. The van der Waals surface area contributed by atoms with Crippen molar-refractivity contribution in [1.82, 2.24) is 4.90 Å². The molecule has 1 N–H and O–H groups in total. The minimum Gasteiger partial charge on any atom is -0.491 e. The molecule has 26 heavy (non-hydrogen) atoms. The molecule has 3 atom stereocenters. The van der Waals surface area contributed by atoms with Gasteiger partial charge >= 0.3 is 0 Å². The van der Waals surface area contributed by atoms with Crippen molar-refractivity contribution >= 4 is 0 Å². The Hall–Kier alpha value is -1.06. The van der Waals surface area contributed by atoms with E-state index in [1.807, 2.05) is 0 Å². The van der Waals surface area contributed by atoms with Gasteiger partial charge in [0.05, 0.1) is 0 Å². The van der Waals surface area contributed by atoms with Crippen molar-refractivity contribution in [3.63, 3.8) is 0 Å². The lowest BCUT2D eigenvalue weighted by Gasteiger charge is -2.40.